The first-order valence-corrected chi connectivity index (χ1v) is 15.5. The highest BCUT2D eigenvalue weighted by Gasteiger charge is 2.50. The van der Waals surface area contributed by atoms with Crippen molar-refractivity contribution >= 4 is 35.1 Å². The normalized spacial score (nSPS) is 35.7. The number of halogens is 1. The Bertz CT molecular complexity index is 1260. The number of hydrogen-bond donors (Lipinski definition) is 10. The van der Waals surface area contributed by atoms with E-state index in [1.165, 1.54) is 0 Å². The van der Waals surface area contributed by atoms with Gasteiger partial charge < -0.3 is 59.7 Å². The summed E-state index contributed by atoms with van der Waals surface area (Å²) in [5.41, 5.74) is -0.0778. The molecule has 3 aliphatic heterocycles. The minimum atomic E-state index is -5.78. The number of ether oxygens (including phenoxy) is 2. The molecule has 4 rings (SSSR count). The van der Waals surface area contributed by atoms with Crippen LogP contribution < -0.4 is 5.32 Å². The summed E-state index contributed by atoms with van der Waals surface area (Å²) in [5.74, 6) is -0.290. The fourth-order valence-electron chi connectivity index (χ4n) is 4.17. The van der Waals surface area contributed by atoms with Crippen LogP contribution in [0.25, 0.3) is 0 Å². The van der Waals surface area contributed by atoms with Gasteiger partial charge in [-0.1, -0.05) is 0 Å². The molecule has 10 atom stereocenters. The van der Waals surface area contributed by atoms with Gasteiger partial charge in [0.05, 0.1) is 26.2 Å². The highest BCUT2D eigenvalue weighted by molar-refractivity contribution is 7.66. The van der Waals surface area contributed by atoms with Crippen molar-refractivity contribution in [2.24, 2.45) is 0 Å². The Hall–Kier alpha value is -1.42. The van der Waals surface area contributed by atoms with Crippen molar-refractivity contribution in [3.63, 3.8) is 0 Å². The number of hydrogen-bond acceptors (Lipinski definition) is 15. The van der Waals surface area contributed by atoms with Crippen LogP contribution in [0.15, 0.2) is 6.33 Å². The summed E-state index contributed by atoms with van der Waals surface area (Å²) in [6.07, 6.45) is -11.7. The minimum absolute atomic E-state index is 0.0682. The lowest BCUT2D eigenvalue weighted by Gasteiger charge is -2.35. The molecule has 0 aromatic carbocycles. The number of fused-ring (bicyclic) bond motifs is 1. The molecule has 2 fully saturated rings. The van der Waals surface area contributed by atoms with Gasteiger partial charge in [-0.2, -0.15) is 8.62 Å². The summed E-state index contributed by atoms with van der Waals surface area (Å²) in [4.78, 5) is 41.1. The molecule has 1 aromatic heterocycles. The molecule has 3 aliphatic rings. The summed E-state index contributed by atoms with van der Waals surface area (Å²) in [7, 11) is -16.9. The molecule has 0 aliphatic carbocycles. The maximum absolute atomic E-state index is 14.6. The van der Waals surface area contributed by atoms with Gasteiger partial charge in [-0.3, -0.25) is 14.5 Å². The van der Waals surface area contributed by atoms with Gasteiger partial charge in [0.2, 0.25) is 0 Å². The van der Waals surface area contributed by atoms with Crippen LogP contribution in [0.1, 0.15) is 11.9 Å². The molecule has 2 saturated heterocycles. The number of nitrogens with one attached hydrogen (secondary N) is 2. The molecule has 0 amide bonds. The third-order valence-corrected chi connectivity index (χ3v) is 9.73. The lowest BCUT2D eigenvalue weighted by Crippen LogP contribution is -2.50. The lowest BCUT2D eigenvalue weighted by molar-refractivity contribution is -0.0628. The van der Waals surface area contributed by atoms with E-state index in [0.29, 0.717) is 0 Å². The van der Waals surface area contributed by atoms with Crippen LogP contribution in [-0.2, 0) is 36.3 Å². The van der Waals surface area contributed by atoms with E-state index in [1.54, 1.807) is 0 Å². The molecule has 2 unspecified atom stereocenters. The van der Waals surface area contributed by atoms with E-state index in [0.717, 1.165) is 15.8 Å². The average molecular weight is 643 g/mol. The zero-order chi connectivity index (χ0) is 29.8. The number of rotatable bonds is 10. The third kappa shape index (κ3) is 6.47. The molecule has 0 saturated carbocycles. The number of phosphoric ester groups is 1. The Balaban J connectivity index is 1.43. The van der Waals surface area contributed by atoms with Crippen molar-refractivity contribution in [3.05, 3.63) is 12.0 Å². The first kappa shape index (κ1) is 31.5. The van der Waals surface area contributed by atoms with Crippen LogP contribution in [0, 0.1) is 5.41 Å². The molecule has 4 heterocycles. The standard InChI is InChI=1S/C15H25FN5O16P3/c16-7-9(23)5(1-22)34-14(7)20-4-19-13-8(12(20)17)18-3-21(13)15-11(25)10(24)6(35-15)2-33-39(29,30)37-40(31,32)36-38(26,27)28/h3,5-7,9-11,14-15,17,19,22-25H,1-2,4H2,(H,29,30)(H,31,32)(H2,26,27,28)/t5-,6-,7+,9-,10-,11-,14-,15-/m1/s1. The zero-order valence-corrected chi connectivity index (χ0v) is 22.4. The van der Waals surface area contributed by atoms with Crippen molar-refractivity contribution in [2.75, 3.05) is 25.2 Å². The Morgan fingerprint density at radius 1 is 1.02 bits per heavy atom. The van der Waals surface area contributed by atoms with Gasteiger partial charge >= 0.3 is 23.5 Å². The van der Waals surface area contributed by atoms with Gasteiger partial charge in [0.25, 0.3) is 0 Å². The number of imidazole rings is 1. The maximum Gasteiger partial charge on any atom is 0.490 e. The molecule has 25 heteroatoms. The number of alkyl halides is 1. The van der Waals surface area contributed by atoms with Gasteiger partial charge in [0, 0.05) is 0 Å². The molecule has 228 valence electrons. The van der Waals surface area contributed by atoms with Crippen molar-refractivity contribution < 1.29 is 80.7 Å². The van der Waals surface area contributed by atoms with E-state index in [2.05, 4.69) is 23.4 Å². The molecule has 1 aromatic rings. The first-order valence-electron chi connectivity index (χ1n) is 11.0. The Kier molecular flexibility index (Phi) is 8.94. The molecule has 40 heavy (non-hydrogen) atoms. The van der Waals surface area contributed by atoms with Gasteiger partial charge in [-0.15, -0.1) is 0 Å². The van der Waals surface area contributed by atoms with Crippen molar-refractivity contribution in [3.8, 4) is 0 Å². The lowest BCUT2D eigenvalue weighted by atomic mass is 10.1. The van der Waals surface area contributed by atoms with E-state index in [-0.39, 0.29) is 24.0 Å². The minimum Gasteiger partial charge on any atom is -0.394 e. The zero-order valence-electron chi connectivity index (χ0n) is 19.7. The number of amidine groups is 1. The van der Waals surface area contributed by atoms with E-state index >= 15 is 0 Å². The number of nitrogens with zero attached hydrogens (tertiary/aromatic N) is 3. The molecule has 0 spiro atoms. The quantitative estimate of drug-likeness (QED) is 0.116. The number of aliphatic hydroxyl groups excluding tert-OH is 4. The Labute approximate surface area is 222 Å². The smallest absolute Gasteiger partial charge is 0.394 e. The second kappa shape index (κ2) is 11.3. The second-order valence-corrected chi connectivity index (χ2v) is 13.0. The van der Waals surface area contributed by atoms with Gasteiger partial charge in [-0.05, 0) is 0 Å². The molecule has 21 nitrogen and oxygen atoms in total. The summed E-state index contributed by atoms with van der Waals surface area (Å²) < 4.78 is 72.2. The highest BCUT2D eigenvalue weighted by atomic mass is 31.3. The van der Waals surface area contributed by atoms with Gasteiger partial charge in [0.1, 0.15) is 42.0 Å². The van der Waals surface area contributed by atoms with Gasteiger partial charge in [0.15, 0.2) is 24.5 Å². The molecule has 0 bridgehead atoms. The van der Waals surface area contributed by atoms with Gasteiger partial charge in [-0.25, -0.2) is 23.1 Å². The fraction of sp³-hybridized carbons (Fsp3) is 0.733. The summed E-state index contributed by atoms with van der Waals surface area (Å²) in [5, 5.41) is 51.2. The van der Waals surface area contributed by atoms with Crippen LogP contribution in [0.5, 0.6) is 0 Å². The summed E-state index contributed by atoms with van der Waals surface area (Å²) >= 11 is 0. The topological polar surface area (TPSA) is 316 Å². The Morgan fingerprint density at radius 3 is 2.27 bits per heavy atom. The number of aromatic nitrogens is 2. The van der Waals surface area contributed by atoms with E-state index in [9.17, 15) is 48.3 Å². The SMILES string of the molecule is N=C1c2ncn([C@@H]3O[C@H](COP(=O)(O)OP(=O)(O)OP(=O)(O)O)[C@@H](O)[C@H]3O)c2NCN1[C@@H]1O[C@H](CO)[C@@H](O)[C@@H]1F. The highest BCUT2D eigenvalue weighted by Crippen LogP contribution is 2.66. The summed E-state index contributed by atoms with van der Waals surface area (Å²) in [6, 6.07) is 0. The first-order chi connectivity index (χ1) is 18.4. The molecule has 0 radical (unpaired) electrons. The largest absolute Gasteiger partial charge is 0.490 e. The monoisotopic (exact) mass is 643 g/mol. The van der Waals surface area contributed by atoms with E-state index < -0.39 is 85.8 Å². The van der Waals surface area contributed by atoms with Crippen molar-refractivity contribution in [2.45, 2.75) is 49.1 Å². The molecular weight excluding hydrogens is 618 g/mol. The number of anilines is 1. The van der Waals surface area contributed by atoms with Crippen LogP contribution in [-0.4, -0.2) is 123 Å². The maximum atomic E-state index is 14.6. The van der Waals surface area contributed by atoms with Crippen molar-refractivity contribution in [1.82, 2.24) is 14.5 Å². The predicted octanol–water partition coefficient (Wildman–Crippen LogP) is -2.73. The van der Waals surface area contributed by atoms with E-state index in [1.807, 2.05) is 0 Å². The van der Waals surface area contributed by atoms with Crippen LogP contribution in [0.4, 0.5) is 10.2 Å². The number of aliphatic hydroxyl groups is 4. The predicted molar refractivity (Wildman–Crippen MR) is 122 cm³/mol. The molecular formula is C15H25FN5O16P3. The summed E-state index contributed by atoms with van der Waals surface area (Å²) in [6.45, 7) is -1.96. The van der Waals surface area contributed by atoms with Crippen LogP contribution in [0.2, 0.25) is 0 Å². The van der Waals surface area contributed by atoms with Crippen LogP contribution >= 0.6 is 23.5 Å². The van der Waals surface area contributed by atoms with E-state index in [4.69, 9.17) is 24.7 Å². The Morgan fingerprint density at radius 2 is 1.68 bits per heavy atom. The average Bonchev–Trinajstić information content (AvgIpc) is 3.46. The second-order valence-electron chi connectivity index (χ2n) is 8.62. The number of phosphoric acid groups is 3. The molecule has 10 N–H and O–H groups in total. The van der Waals surface area contributed by atoms with Crippen molar-refractivity contribution in [1.29, 1.82) is 5.41 Å². The fourth-order valence-corrected chi connectivity index (χ4v) is 7.20. The van der Waals surface area contributed by atoms with Crippen LogP contribution in [0.3, 0.4) is 0 Å². The third-order valence-electron chi connectivity index (χ3n) is 5.93.